The molecule has 2 fully saturated rings. The van der Waals surface area contributed by atoms with Crippen molar-refractivity contribution in [2.45, 2.75) is 24.1 Å². The Morgan fingerprint density at radius 3 is 2.54 bits per heavy atom. The van der Waals surface area contributed by atoms with Crippen LogP contribution >= 0.6 is 11.6 Å². The van der Waals surface area contributed by atoms with Gasteiger partial charge in [0.1, 0.15) is 11.6 Å². The molecule has 8 nitrogen and oxygen atoms in total. The first kappa shape index (κ1) is 23.3. The lowest BCUT2D eigenvalue weighted by Crippen LogP contribution is -2.64. The Morgan fingerprint density at radius 2 is 1.91 bits per heavy atom. The second-order valence-corrected chi connectivity index (χ2v) is 8.91. The first-order valence-corrected chi connectivity index (χ1v) is 11.3. The molecule has 35 heavy (non-hydrogen) atoms. The molecular weight excluding hydrogens is 482 g/mol. The van der Waals surface area contributed by atoms with E-state index in [1.807, 2.05) is 0 Å². The quantitative estimate of drug-likeness (QED) is 0.515. The van der Waals surface area contributed by atoms with Crippen LogP contribution in [0.1, 0.15) is 16.8 Å². The molecule has 2 aliphatic heterocycles. The van der Waals surface area contributed by atoms with Gasteiger partial charge in [-0.05, 0) is 48.4 Å². The number of amides is 1. The van der Waals surface area contributed by atoms with Gasteiger partial charge in [-0.15, -0.1) is 8.78 Å². The van der Waals surface area contributed by atoms with Crippen LogP contribution in [0.4, 0.5) is 20.3 Å². The van der Waals surface area contributed by atoms with Crippen LogP contribution in [-0.4, -0.2) is 46.3 Å². The van der Waals surface area contributed by atoms with Crippen LogP contribution < -0.4 is 20.5 Å². The van der Waals surface area contributed by atoms with Crippen molar-refractivity contribution in [1.82, 2.24) is 9.55 Å². The summed E-state index contributed by atoms with van der Waals surface area (Å²) in [5.41, 5.74) is -2.04. The van der Waals surface area contributed by atoms with E-state index in [0.717, 1.165) is 6.42 Å². The van der Waals surface area contributed by atoms with Gasteiger partial charge >= 0.3 is 5.57 Å². The van der Waals surface area contributed by atoms with E-state index >= 15 is 0 Å². The SMILES string of the molecule is Cn1ccc(-c2cc(C(=O)Nc3ccc(OC(F)(F)Cl)cc3)cnc2N2C3COCC2C3)cc1=O. The first-order valence-electron chi connectivity index (χ1n) is 10.9. The van der Waals surface area contributed by atoms with Crippen LogP contribution in [0.15, 0.2) is 59.7 Å². The molecule has 2 aromatic heterocycles. The molecule has 3 aromatic rings. The highest BCUT2D eigenvalue weighted by Gasteiger charge is 2.44. The maximum Gasteiger partial charge on any atom is 0.487 e. The van der Waals surface area contributed by atoms with Crippen LogP contribution in [0.3, 0.4) is 0 Å². The number of morpholine rings is 1. The van der Waals surface area contributed by atoms with Crippen molar-refractivity contribution in [2.75, 3.05) is 23.4 Å². The van der Waals surface area contributed by atoms with E-state index in [-0.39, 0.29) is 29.0 Å². The number of rotatable bonds is 6. The highest BCUT2D eigenvalue weighted by molar-refractivity contribution is 6.20. The number of pyridine rings is 2. The number of hydrogen-bond donors (Lipinski definition) is 1. The maximum atomic E-state index is 13.0. The third-order valence-corrected chi connectivity index (χ3v) is 6.16. The van der Waals surface area contributed by atoms with Gasteiger partial charge < -0.3 is 24.3 Å². The molecule has 1 amide bonds. The predicted molar refractivity (Wildman–Crippen MR) is 126 cm³/mol. The summed E-state index contributed by atoms with van der Waals surface area (Å²) in [6, 6.07) is 10.8. The summed E-state index contributed by atoms with van der Waals surface area (Å²) in [5.74, 6) is 0.103. The molecule has 4 heterocycles. The number of alkyl halides is 3. The molecule has 5 rings (SSSR count). The molecular formula is C24H21ClF2N4O4. The zero-order valence-corrected chi connectivity index (χ0v) is 19.3. The fourth-order valence-electron chi connectivity index (χ4n) is 4.34. The van der Waals surface area contributed by atoms with E-state index < -0.39 is 11.5 Å². The standard InChI is InChI=1S/C24H21ClF2N4O4/c1-30-7-6-14(9-21(30)32)20-8-15(11-28-22(20)31-17-10-18(31)13-34-12-17)23(33)29-16-2-4-19(5-3-16)35-24(25,26)27/h2-9,11,17-18H,10,12-13H2,1H3,(H,29,33). The van der Waals surface area contributed by atoms with Crippen molar-refractivity contribution in [1.29, 1.82) is 0 Å². The second kappa shape index (κ2) is 8.94. The minimum Gasteiger partial charge on any atom is -0.420 e. The van der Waals surface area contributed by atoms with Gasteiger partial charge in [0.15, 0.2) is 0 Å². The van der Waals surface area contributed by atoms with E-state index in [9.17, 15) is 18.4 Å². The van der Waals surface area contributed by atoms with E-state index in [0.29, 0.717) is 35.8 Å². The van der Waals surface area contributed by atoms with Crippen molar-refractivity contribution in [3.8, 4) is 16.9 Å². The molecule has 182 valence electrons. The van der Waals surface area contributed by atoms with Crippen LogP contribution in [0.2, 0.25) is 0 Å². The lowest BCUT2D eigenvalue weighted by molar-refractivity contribution is -0.0964. The number of halogens is 3. The molecule has 2 aliphatic rings. The van der Waals surface area contributed by atoms with E-state index in [1.165, 1.54) is 41.1 Å². The molecule has 1 aromatic carbocycles. The molecule has 11 heteroatoms. The molecule has 2 saturated heterocycles. The summed E-state index contributed by atoms with van der Waals surface area (Å²) in [5, 5.41) is 2.71. The lowest BCUT2D eigenvalue weighted by Gasteiger charge is -2.53. The topological polar surface area (TPSA) is 85.7 Å². The van der Waals surface area contributed by atoms with Gasteiger partial charge in [-0.3, -0.25) is 9.59 Å². The number of anilines is 2. The summed E-state index contributed by atoms with van der Waals surface area (Å²) in [7, 11) is 1.66. The second-order valence-electron chi connectivity index (χ2n) is 8.47. The van der Waals surface area contributed by atoms with Crippen LogP contribution in [0.5, 0.6) is 5.75 Å². The predicted octanol–water partition coefficient (Wildman–Crippen LogP) is 3.85. The van der Waals surface area contributed by atoms with E-state index in [2.05, 4.69) is 19.9 Å². The average molecular weight is 503 g/mol. The number of hydrogen-bond acceptors (Lipinski definition) is 6. The van der Waals surface area contributed by atoms with Crippen LogP contribution in [0.25, 0.3) is 11.1 Å². The Kier molecular flexibility index (Phi) is 5.94. The number of benzene rings is 1. The van der Waals surface area contributed by atoms with Gasteiger partial charge in [0, 0.05) is 48.4 Å². The Bertz CT molecular complexity index is 1310. The number of carbonyl (C=O) groups excluding carboxylic acids is 1. The van der Waals surface area contributed by atoms with Crippen LogP contribution in [-0.2, 0) is 11.8 Å². The number of fused-ring (bicyclic) bond motifs is 2. The molecule has 1 N–H and O–H groups in total. The highest BCUT2D eigenvalue weighted by Crippen LogP contribution is 2.40. The van der Waals surface area contributed by atoms with E-state index in [1.54, 1.807) is 25.4 Å². The monoisotopic (exact) mass is 502 g/mol. The first-order chi connectivity index (χ1) is 16.7. The normalized spacial score (nSPS) is 19.1. The van der Waals surface area contributed by atoms with Gasteiger partial charge in [-0.25, -0.2) is 4.98 Å². The zero-order chi connectivity index (χ0) is 24.7. The molecule has 2 atom stereocenters. The average Bonchev–Trinajstić information content (AvgIpc) is 2.82. The van der Waals surface area contributed by atoms with E-state index in [4.69, 9.17) is 16.3 Å². The Hall–Kier alpha value is -3.50. The summed E-state index contributed by atoms with van der Waals surface area (Å²) >= 11 is 4.77. The minimum absolute atomic E-state index is 0.147. The molecule has 2 unspecified atom stereocenters. The molecule has 0 radical (unpaired) electrons. The Labute approximate surface area is 204 Å². The Balaban J connectivity index is 1.44. The van der Waals surface area contributed by atoms with Gasteiger partial charge in [0.2, 0.25) is 0 Å². The van der Waals surface area contributed by atoms with Gasteiger partial charge in [-0.1, -0.05) is 0 Å². The minimum atomic E-state index is -3.83. The number of nitrogens with one attached hydrogen (secondary N) is 1. The maximum absolute atomic E-state index is 13.0. The fourth-order valence-corrected chi connectivity index (χ4v) is 4.43. The van der Waals surface area contributed by atoms with Crippen molar-refractivity contribution in [3.63, 3.8) is 0 Å². The van der Waals surface area contributed by atoms with Crippen molar-refractivity contribution in [3.05, 3.63) is 70.8 Å². The molecule has 0 spiro atoms. The van der Waals surface area contributed by atoms with Crippen molar-refractivity contribution >= 4 is 29.0 Å². The zero-order valence-electron chi connectivity index (χ0n) is 18.6. The van der Waals surface area contributed by atoms with Gasteiger partial charge in [0.25, 0.3) is 11.5 Å². The van der Waals surface area contributed by atoms with Crippen molar-refractivity contribution < 1.29 is 23.0 Å². The summed E-state index contributed by atoms with van der Waals surface area (Å²) in [6.07, 6.45) is 4.16. The van der Waals surface area contributed by atoms with Crippen LogP contribution in [0, 0.1) is 0 Å². The summed E-state index contributed by atoms with van der Waals surface area (Å²) < 4.78 is 36.9. The number of nitrogens with zero attached hydrogens (tertiary/aromatic N) is 3. The largest absolute Gasteiger partial charge is 0.487 e. The molecule has 0 aliphatic carbocycles. The smallest absolute Gasteiger partial charge is 0.420 e. The summed E-state index contributed by atoms with van der Waals surface area (Å²) in [4.78, 5) is 32.1. The Morgan fingerprint density at radius 1 is 1.20 bits per heavy atom. The third kappa shape index (κ3) is 4.85. The number of ether oxygens (including phenoxy) is 2. The number of aryl methyl sites for hydroxylation is 1. The fraction of sp³-hybridized carbons (Fsp3) is 0.292. The number of aromatic nitrogens is 2. The number of carbonyl (C=O) groups is 1. The van der Waals surface area contributed by atoms with Crippen molar-refractivity contribution in [2.24, 2.45) is 7.05 Å². The lowest BCUT2D eigenvalue weighted by atomic mass is 9.90. The highest BCUT2D eigenvalue weighted by atomic mass is 35.5. The van der Waals surface area contributed by atoms with Gasteiger partial charge in [-0.2, -0.15) is 0 Å². The molecule has 2 bridgehead atoms. The summed E-state index contributed by atoms with van der Waals surface area (Å²) in [6.45, 7) is 1.21. The third-order valence-electron chi connectivity index (χ3n) is 6.09. The molecule has 0 saturated carbocycles. The van der Waals surface area contributed by atoms with Gasteiger partial charge in [0.05, 0.1) is 30.9 Å².